The molecular weight excluding hydrogens is 220 g/mol. The van der Waals surface area contributed by atoms with Crippen LogP contribution in [0.3, 0.4) is 0 Å². The Morgan fingerprint density at radius 1 is 1.86 bits per heavy atom. The molecule has 1 aromatic heterocycles. The fourth-order valence-corrected chi connectivity index (χ4v) is 2.51. The molecular formula is C8H10ClN4S+. The van der Waals surface area contributed by atoms with E-state index < -0.39 is 0 Å². The summed E-state index contributed by atoms with van der Waals surface area (Å²) in [5.74, 6) is 1.40. The average Bonchev–Trinajstić information content (AvgIpc) is 2.52. The van der Waals surface area contributed by atoms with Crippen LogP contribution in [0.4, 0.5) is 0 Å². The number of aromatic nitrogens is 1. The Morgan fingerprint density at radius 3 is 3.07 bits per heavy atom. The summed E-state index contributed by atoms with van der Waals surface area (Å²) in [5.41, 5.74) is 0. The Labute approximate surface area is 90.4 Å². The molecule has 0 radical (unpaired) electrons. The van der Waals surface area contributed by atoms with Gasteiger partial charge in [-0.15, -0.1) is 0 Å². The average molecular weight is 230 g/mol. The quantitative estimate of drug-likeness (QED) is 0.338. The second-order valence-electron chi connectivity index (χ2n) is 2.68. The van der Waals surface area contributed by atoms with Gasteiger partial charge in [-0.25, -0.2) is 0 Å². The Balaban J connectivity index is 2.67. The van der Waals surface area contributed by atoms with Crippen LogP contribution in [-0.2, 0) is 5.88 Å². The summed E-state index contributed by atoms with van der Waals surface area (Å²) in [6.07, 6.45) is 3.46. The summed E-state index contributed by atoms with van der Waals surface area (Å²) in [6.45, 7) is 1.79. The van der Waals surface area contributed by atoms with Crippen LogP contribution in [0.1, 0.15) is 6.92 Å². The van der Waals surface area contributed by atoms with E-state index in [2.05, 4.69) is 9.98 Å². The first kappa shape index (κ1) is 11.0. The molecule has 0 amide bonds. The van der Waals surface area contributed by atoms with Gasteiger partial charge < -0.3 is 4.90 Å². The second kappa shape index (κ2) is 4.94. The predicted molar refractivity (Wildman–Crippen MR) is 58.2 cm³/mol. The van der Waals surface area contributed by atoms with Crippen molar-refractivity contribution < 1.29 is 0 Å². The van der Waals surface area contributed by atoms with Crippen LogP contribution in [-0.4, -0.2) is 22.8 Å². The first-order valence-corrected chi connectivity index (χ1v) is 5.73. The Bertz CT molecular complexity index is 379. The zero-order valence-electron chi connectivity index (χ0n) is 7.94. The molecule has 14 heavy (non-hydrogen) atoms. The number of nitrogens with zero attached hydrogens (tertiary/aromatic N) is 4. The maximum Gasteiger partial charge on any atom is 0.339 e. The van der Waals surface area contributed by atoms with E-state index in [-0.39, 0.29) is 10.5 Å². The van der Waals surface area contributed by atoms with Crippen LogP contribution in [0.2, 0.25) is 4.47 Å². The zero-order valence-corrected chi connectivity index (χ0v) is 9.51. The van der Waals surface area contributed by atoms with E-state index in [1.807, 2.05) is 17.3 Å². The topological polar surface area (TPSA) is 52.3 Å². The SMILES string of the molecule is CC(=NC#N)N(C)C[s+]1ccnc1Cl. The number of nitriles is 1. The lowest BCUT2D eigenvalue weighted by molar-refractivity contribution is 0.545. The van der Waals surface area contributed by atoms with E-state index in [1.54, 1.807) is 19.3 Å². The van der Waals surface area contributed by atoms with E-state index in [4.69, 9.17) is 16.9 Å². The number of halogens is 1. The van der Waals surface area contributed by atoms with E-state index in [0.717, 1.165) is 5.88 Å². The van der Waals surface area contributed by atoms with Gasteiger partial charge in [0.2, 0.25) is 12.1 Å². The summed E-state index contributed by atoms with van der Waals surface area (Å²) < 4.78 is 0.613. The minimum absolute atomic E-state index is 0.156. The smallest absolute Gasteiger partial charge is 0.316 e. The van der Waals surface area contributed by atoms with Gasteiger partial charge in [0.25, 0.3) is 0 Å². The Morgan fingerprint density at radius 2 is 2.57 bits per heavy atom. The minimum Gasteiger partial charge on any atom is -0.316 e. The molecule has 0 bridgehead atoms. The van der Waals surface area contributed by atoms with E-state index in [1.165, 1.54) is 0 Å². The van der Waals surface area contributed by atoms with E-state index >= 15 is 0 Å². The summed E-state index contributed by atoms with van der Waals surface area (Å²) in [7, 11) is 1.72. The Kier molecular flexibility index (Phi) is 3.86. The van der Waals surface area contributed by atoms with Crippen molar-refractivity contribution in [1.29, 1.82) is 5.26 Å². The molecule has 0 aliphatic rings. The fourth-order valence-electron chi connectivity index (χ4n) is 0.842. The lowest BCUT2D eigenvalue weighted by Crippen LogP contribution is -2.21. The molecule has 0 aromatic carbocycles. The molecule has 6 heteroatoms. The molecule has 0 saturated carbocycles. The molecule has 4 nitrogen and oxygen atoms in total. The number of rotatable bonds is 2. The van der Waals surface area contributed by atoms with Crippen LogP contribution in [0.15, 0.2) is 16.6 Å². The van der Waals surface area contributed by atoms with Crippen molar-refractivity contribution in [3.63, 3.8) is 0 Å². The molecule has 74 valence electrons. The van der Waals surface area contributed by atoms with Gasteiger partial charge >= 0.3 is 4.47 Å². The van der Waals surface area contributed by atoms with Crippen molar-refractivity contribution in [1.82, 2.24) is 9.88 Å². The Hall–Kier alpha value is -1.12. The predicted octanol–water partition coefficient (Wildman–Crippen LogP) is 2.27. The molecule has 0 aliphatic heterocycles. The first-order valence-electron chi connectivity index (χ1n) is 3.89. The number of aliphatic imine (C=N–C) groups is 1. The number of thiazole rings is 1. The van der Waals surface area contributed by atoms with Crippen molar-refractivity contribution in [2.24, 2.45) is 4.99 Å². The van der Waals surface area contributed by atoms with Gasteiger partial charge in [0.15, 0.2) is 5.38 Å². The molecule has 0 N–H and O–H groups in total. The first-order chi connectivity index (χ1) is 6.65. The molecule has 0 aliphatic carbocycles. The molecule has 1 unspecified atom stereocenters. The third-order valence-electron chi connectivity index (χ3n) is 1.71. The van der Waals surface area contributed by atoms with Crippen LogP contribution in [0.25, 0.3) is 0 Å². The van der Waals surface area contributed by atoms with Crippen molar-refractivity contribution >= 4 is 27.9 Å². The number of amidine groups is 1. The maximum atomic E-state index is 8.37. The zero-order chi connectivity index (χ0) is 10.6. The maximum absolute atomic E-state index is 8.37. The summed E-state index contributed by atoms with van der Waals surface area (Å²) in [4.78, 5) is 9.48. The minimum atomic E-state index is -0.156. The van der Waals surface area contributed by atoms with E-state index in [9.17, 15) is 0 Å². The second-order valence-corrected chi connectivity index (χ2v) is 5.04. The van der Waals surface area contributed by atoms with Crippen LogP contribution >= 0.6 is 22.1 Å². The van der Waals surface area contributed by atoms with Gasteiger partial charge in [-0.2, -0.15) is 15.2 Å². The fraction of sp³-hybridized carbons (Fsp3) is 0.375. The van der Waals surface area contributed by atoms with Crippen molar-refractivity contribution in [2.45, 2.75) is 12.8 Å². The largest absolute Gasteiger partial charge is 0.339 e. The van der Waals surface area contributed by atoms with Gasteiger partial charge in [-0.3, -0.25) is 0 Å². The standard InChI is InChI=1S/C8H10ClN4S/c1-7(12-5-10)13(2)6-14-4-3-11-8(14)9/h3-4H,6H2,1-2H3/q+1. The lowest BCUT2D eigenvalue weighted by Gasteiger charge is -2.11. The lowest BCUT2D eigenvalue weighted by atomic mass is 10.6. The number of hydrogen-bond donors (Lipinski definition) is 0. The van der Waals surface area contributed by atoms with E-state index in [0.29, 0.717) is 10.3 Å². The monoisotopic (exact) mass is 229 g/mol. The molecule has 1 aromatic rings. The van der Waals surface area contributed by atoms with Gasteiger partial charge in [0.1, 0.15) is 5.84 Å². The van der Waals surface area contributed by atoms with Gasteiger partial charge in [-0.05, 0) is 18.5 Å². The van der Waals surface area contributed by atoms with Crippen LogP contribution in [0, 0.1) is 11.5 Å². The third kappa shape index (κ3) is 2.69. The molecule has 0 spiro atoms. The summed E-state index contributed by atoms with van der Waals surface area (Å²) in [5, 5.41) is 10.3. The normalized spacial score (nSPS) is 12.4. The number of hydrogen-bond acceptors (Lipinski definition) is 3. The molecule has 0 fully saturated rings. The molecule has 1 atom stereocenters. The molecule has 0 saturated heterocycles. The molecule has 1 heterocycles. The highest BCUT2D eigenvalue weighted by molar-refractivity contribution is 7.32. The van der Waals surface area contributed by atoms with Gasteiger partial charge in [0.05, 0.1) is 6.20 Å². The third-order valence-corrected chi connectivity index (χ3v) is 4.06. The van der Waals surface area contributed by atoms with Crippen molar-refractivity contribution in [2.75, 3.05) is 7.05 Å². The highest BCUT2D eigenvalue weighted by Gasteiger charge is 2.15. The van der Waals surface area contributed by atoms with Crippen molar-refractivity contribution in [3.8, 4) is 6.19 Å². The highest BCUT2D eigenvalue weighted by atomic mass is 35.5. The van der Waals surface area contributed by atoms with Crippen LogP contribution < -0.4 is 0 Å². The van der Waals surface area contributed by atoms with Gasteiger partial charge in [0, 0.05) is 17.5 Å². The summed E-state index contributed by atoms with van der Waals surface area (Å²) >= 11 is 5.87. The molecule has 1 rings (SSSR count). The van der Waals surface area contributed by atoms with Crippen LogP contribution in [0.5, 0.6) is 0 Å². The summed E-state index contributed by atoms with van der Waals surface area (Å²) in [6, 6.07) is 0. The van der Waals surface area contributed by atoms with Crippen molar-refractivity contribution in [3.05, 3.63) is 16.0 Å². The van der Waals surface area contributed by atoms with Gasteiger partial charge in [-0.1, -0.05) is 0 Å². The highest BCUT2D eigenvalue weighted by Crippen LogP contribution is 2.28.